The molecule has 1 N–H and O–H groups in total. The number of likely N-dealkylation sites (tertiary alicyclic amines) is 1. The molecule has 1 saturated heterocycles. The Bertz CT molecular complexity index is 1200. The van der Waals surface area contributed by atoms with Crippen molar-refractivity contribution in [2.45, 2.75) is 23.0 Å². The average Bonchev–Trinajstić information content (AvgIpc) is 3.34. The number of carbonyl (C=O) groups is 1. The highest BCUT2D eigenvalue weighted by Crippen LogP contribution is 2.30. The summed E-state index contributed by atoms with van der Waals surface area (Å²) in [4.78, 5) is 14.9. The van der Waals surface area contributed by atoms with Crippen LogP contribution in [0.25, 0.3) is 11.3 Å². The van der Waals surface area contributed by atoms with Gasteiger partial charge >= 0.3 is 0 Å². The summed E-state index contributed by atoms with van der Waals surface area (Å²) in [6, 6.07) is 15.6. The number of carbonyl (C=O) groups excluding carboxylic acids is 1. The van der Waals surface area contributed by atoms with Gasteiger partial charge < -0.3 is 14.4 Å². The lowest BCUT2D eigenvalue weighted by atomic mass is 10.1. The second-order valence-corrected chi connectivity index (χ2v) is 9.81. The Hall–Kier alpha value is -3.33. The molecule has 9 heteroatoms. The van der Waals surface area contributed by atoms with Gasteiger partial charge in [0, 0.05) is 18.7 Å². The van der Waals surface area contributed by atoms with Crippen molar-refractivity contribution in [1.82, 2.24) is 15.1 Å². The van der Waals surface area contributed by atoms with E-state index in [0.29, 0.717) is 48.8 Å². The number of benzene rings is 2. The summed E-state index contributed by atoms with van der Waals surface area (Å²) >= 11 is 0. The quantitative estimate of drug-likeness (QED) is 0.613. The van der Waals surface area contributed by atoms with Crippen molar-refractivity contribution in [3.05, 3.63) is 60.3 Å². The summed E-state index contributed by atoms with van der Waals surface area (Å²) < 4.78 is 36.4. The molecule has 0 spiro atoms. The van der Waals surface area contributed by atoms with Crippen LogP contribution in [0.2, 0.25) is 0 Å². The molecule has 1 amide bonds. The highest BCUT2D eigenvalue weighted by atomic mass is 32.2. The minimum absolute atomic E-state index is 0.195. The van der Waals surface area contributed by atoms with Gasteiger partial charge in [0.15, 0.2) is 9.84 Å². The van der Waals surface area contributed by atoms with Gasteiger partial charge in [-0.25, -0.2) is 8.42 Å². The predicted octanol–water partition coefficient (Wildman–Crippen LogP) is 3.17. The molecule has 0 aliphatic carbocycles. The van der Waals surface area contributed by atoms with E-state index < -0.39 is 15.1 Å². The third-order valence-corrected chi connectivity index (χ3v) is 8.03. The number of methoxy groups -OCH3 is 2. The molecule has 1 fully saturated rings. The molecule has 8 nitrogen and oxygen atoms in total. The molecule has 1 aliphatic rings. The predicted molar refractivity (Wildman–Crippen MR) is 120 cm³/mol. The summed E-state index contributed by atoms with van der Waals surface area (Å²) in [5.41, 5.74) is 1.76. The molecular weight excluding hydrogens is 430 g/mol. The number of nitrogens with zero attached hydrogens (tertiary/aromatic N) is 2. The highest BCUT2D eigenvalue weighted by molar-refractivity contribution is 7.92. The minimum Gasteiger partial charge on any atom is -0.497 e. The number of H-pyrrole nitrogens is 1. The number of piperidine rings is 1. The van der Waals surface area contributed by atoms with Crippen molar-refractivity contribution in [3.63, 3.8) is 0 Å². The number of para-hydroxylation sites is 1. The number of amides is 1. The van der Waals surface area contributed by atoms with Gasteiger partial charge in [-0.05, 0) is 55.3 Å². The van der Waals surface area contributed by atoms with E-state index in [1.807, 2.05) is 24.3 Å². The lowest BCUT2D eigenvalue weighted by Gasteiger charge is -2.31. The number of hydrogen-bond donors (Lipinski definition) is 1. The summed E-state index contributed by atoms with van der Waals surface area (Å²) in [6.07, 6.45) is 0.765. The molecule has 2 heterocycles. The van der Waals surface area contributed by atoms with Crippen LogP contribution in [0.4, 0.5) is 0 Å². The first-order chi connectivity index (χ1) is 15.4. The average molecular weight is 456 g/mol. The molecule has 0 atom stereocenters. The fraction of sp³-hybridized carbons (Fsp3) is 0.304. The minimum atomic E-state index is -3.47. The van der Waals surface area contributed by atoms with E-state index in [-0.39, 0.29) is 10.8 Å². The molecule has 1 aromatic heterocycles. The van der Waals surface area contributed by atoms with Crippen molar-refractivity contribution in [2.24, 2.45) is 0 Å². The molecule has 0 bridgehead atoms. The Balaban J connectivity index is 1.43. The number of nitrogens with one attached hydrogen (secondary N) is 1. The van der Waals surface area contributed by atoms with Crippen molar-refractivity contribution < 1.29 is 22.7 Å². The summed E-state index contributed by atoms with van der Waals surface area (Å²) in [5.74, 6) is 1.08. The Morgan fingerprint density at radius 1 is 1.03 bits per heavy atom. The summed E-state index contributed by atoms with van der Waals surface area (Å²) in [5, 5.41) is 6.54. The molecule has 32 heavy (non-hydrogen) atoms. The van der Waals surface area contributed by atoms with Gasteiger partial charge in [0.25, 0.3) is 5.91 Å². The maximum absolute atomic E-state index is 13.0. The first-order valence-corrected chi connectivity index (χ1v) is 11.8. The largest absolute Gasteiger partial charge is 0.497 e. The summed E-state index contributed by atoms with van der Waals surface area (Å²) in [6.45, 7) is 0.726. The maximum Gasteiger partial charge on any atom is 0.271 e. The van der Waals surface area contributed by atoms with Crippen LogP contribution in [0.1, 0.15) is 23.3 Å². The Labute approximate surface area is 187 Å². The van der Waals surface area contributed by atoms with Crippen LogP contribution in [-0.4, -0.2) is 62.0 Å². The van der Waals surface area contributed by atoms with Gasteiger partial charge in [-0.2, -0.15) is 5.10 Å². The number of sulfone groups is 1. The van der Waals surface area contributed by atoms with Crippen LogP contribution in [0.5, 0.6) is 11.5 Å². The monoisotopic (exact) mass is 455 g/mol. The van der Waals surface area contributed by atoms with E-state index in [1.54, 1.807) is 42.3 Å². The molecule has 1 aliphatic heterocycles. The third-order valence-electron chi connectivity index (χ3n) is 5.75. The van der Waals surface area contributed by atoms with Crippen LogP contribution in [0.3, 0.4) is 0 Å². The fourth-order valence-electron chi connectivity index (χ4n) is 3.92. The second kappa shape index (κ2) is 9.04. The Morgan fingerprint density at radius 2 is 1.72 bits per heavy atom. The number of hydrogen-bond acceptors (Lipinski definition) is 6. The maximum atomic E-state index is 13.0. The first-order valence-electron chi connectivity index (χ1n) is 10.3. The molecule has 3 aromatic rings. The fourth-order valence-corrected chi connectivity index (χ4v) is 5.65. The lowest BCUT2D eigenvalue weighted by Crippen LogP contribution is -2.42. The lowest BCUT2D eigenvalue weighted by molar-refractivity contribution is 0.0719. The molecular formula is C23H25N3O5S. The Morgan fingerprint density at radius 3 is 2.38 bits per heavy atom. The van der Waals surface area contributed by atoms with E-state index in [2.05, 4.69) is 10.2 Å². The van der Waals surface area contributed by atoms with E-state index in [1.165, 1.54) is 7.11 Å². The van der Waals surface area contributed by atoms with E-state index in [9.17, 15) is 13.2 Å². The van der Waals surface area contributed by atoms with Crippen LogP contribution in [0, 0.1) is 0 Å². The van der Waals surface area contributed by atoms with Crippen LogP contribution in [-0.2, 0) is 9.84 Å². The van der Waals surface area contributed by atoms with Crippen molar-refractivity contribution in [2.75, 3.05) is 27.3 Å². The SMILES string of the molecule is COc1ccc(S(=O)(=O)C2CCN(C(=O)c3cc(-c4ccccc4OC)n[nH]3)CC2)cc1. The van der Waals surface area contributed by atoms with Crippen molar-refractivity contribution in [1.29, 1.82) is 0 Å². The third kappa shape index (κ3) is 4.20. The topological polar surface area (TPSA) is 102 Å². The number of ether oxygens (including phenoxy) is 2. The van der Waals surface area contributed by atoms with Gasteiger partial charge in [-0.3, -0.25) is 9.89 Å². The zero-order valence-electron chi connectivity index (χ0n) is 17.9. The van der Waals surface area contributed by atoms with Gasteiger partial charge in [-0.1, -0.05) is 12.1 Å². The number of aromatic amines is 1. The Kier molecular flexibility index (Phi) is 6.18. The molecule has 0 saturated carbocycles. The number of rotatable bonds is 6. The molecule has 0 radical (unpaired) electrons. The second-order valence-electron chi connectivity index (χ2n) is 7.58. The van der Waals surface area contributed by atoms with Crippen LogP contribution < -0.4 is 9.47 Å². The van der Waals surface area contributed by atoms with E-state index >= 15 is 0 Å². The van der Waals surface area contributed by atoms with Crippen molar-refractivity contribution >= 4 is 15.7 Å². The van der Waals surface area contributed by atoms with Crippen molar-refractivity contribution in [3.8, 4) is 22.8 Å². The molecule has 2 aromatic carbocycles. The molecule has 0 unspecified atom stereocenters. The van der Waals surface area contributed by atoms with Crippen LogP contribution in [0.15, 0.2) is 59.5 Å². The van der Waals surface area contributed by atoms with E-state index in [0.717, 1.165) is 5.56 Å². The van der Waals surface area contributed by atoms with E-state index in [4.69, 9.17) is 9.47 Å². The first kappa shape index (κ1) is 21.9. The smallest absolute Gasteiger partial charge is 0.271 e. The normalized spacial score (nSPS) is 14.9. The molecule has 4 rings (SSSR count). The van der Waals surface area contributed by atoms with Gasteiger partial charge in [-0.15, -0.1) is 0 Å². The zero-order chi connectivity index (χ0) is 22.7. The standard InChI is InChI=1S/C23H25N3O5S/c1-30-16-7-9-17(10-8-16)32(28,29)18-11-13-26(14-12-18)23(27)21-15-20(24-25-21)19-5-3-4-6-22(19)31-2/h3-10,15,18H,11-14H2,1-2H3,(H,24,25). The molecule has 168 valence electrons. The van der Waals surface area contributed by atoms with Gasteiger partial charge in [0.1, 0.15) is 17.2 Å². The highest BCUT2D eigenvalue weighted by Gasteiger charge is 2.33. The number of aromatic nitrogens is 2. The zero-order valence-corrected chi connectivity index (χ0v) is 18.8. The van der Waals surface area contributed by atoms with Gasteiger partial charge in [0.05, 0.1) is 30.1 Å². The van der Waals surface area contributed by atoms with Crippen LogP contribution >= 0.6 is 0 Å². The van der Waals surface area contributed by atoms with Gasteiger partial charge in [0.2, 0.25) is 0 Å². The summed E-state index contributed by atoms with van der Waals surface area (Å²) in [7, 11) is -0.346.